The summed E-state index contributed by atoms with van der Waals surface area (Å²) in [6.45, 7) is 5.64. The number of aryl methyl sites for hydroxylation is 3. The monoisotopic (exact) mass is 457 g/mol. The van der Waals surface area contributed by atoms with E-state index in [2.05, 4.69) is 25.6 Å². The van der Waals surface area contributed by atoms with Gasteiger partial charge in [0.1, 0.15) is 0 Å². The number of carbonyl (C=O) groups is 1. The van der Waals surface area contributed by atoms with E-state index in [1.165, 1.54) is 0 Å². The molecule has 4 rings (SSSR count). The maximum atomic E-state index is 12.4. The fraction of sp³-hybridized carbons (Fsp3) is 0.192. The molecule has 4 N–H and O–H groups in total. The van der Waals surface area contributed by atoms with Crippen molar-refractivity contribution in [2.24, 2.45) is 0 Å². The van der Waals surface area contributed by atoms with Gasteiger partial charge in [-0.15, -0.1) is 0 Å². The molecule has 2 aromatic heterocycles. The van der Waals surface area contributed by atoms with Crippen LogP contribution in [0.3, 0.4) is 0 Å². The number of rotatable bonds is 7. The number of H-pyrrole nitrogens is 1. The highest BCUT2D eigenvalue weighted by atomic mass is 16.6. The van der Waals surface area contributed by atoms with Crippen LogP contribution in [-0.4, -0.2) is 32.8 Å². The van der Waals surface area contributed by atoms with Crippen molar-refractivity contribution in [3.8, 4) is 17.1 Å². The van der Waals surface area contributed by atoms with E-state index in [0.717, 1.165) is 33.5 Å². The van der Waals surface area contributed by atoms with E-state index >= 15 is 0 Å². The van der Waals surface area contributed by atoms with E-state index in [9.17, 15) is 9.90 Å². The third kappa shape index (κ3) is 5.41. The molecule has 0 aliphatic carbocycles. The average molecular weight is 458 g/mol. The van der Waals surface area contributed by atoms with Gasteiger partial charge in [0.25, 0.3) is 0 Å². The minimum Gasteiger partial charge on any atom is -0.394 e. The van der Waals surface area contributed by atoms with Gasteiger partial charge in [-0.25, -0.2) is 14.8 Å². The van der Waals surface area contributed by atoms with E-state index in [1.807, 2.05) is 69.3 Å². The zero-order valence-corrected chi connectivity index (χ0v) is 19.3. The second-order valence-corrected chi connectivity index (χ2v) is 8.10. The maximum Gasteiger partial charge on any atom is 0.414 e. The van der Waals surface area contributed by atoms with Gasteiger partial charge in [-0.05, 0) is 43.5 Å². The highest BCUT2D eigenvalue weighted by molar-refractivity contribution is 5.72. The number of benzene rings is 2. The quantitative estimate of drug-likeness (QED) is 0.312. The normalized spacial score (nSPS) is 11.6. The molecule has 0 aliphatic heterocycles. The zero-order valence-electron chi connectivity index (χ0n) is 19.3. The molecule has 2 aromatic carbocycles. The predicted octanol–water partition coefficient (Wildman–Crippen LogP) is 4.96. The largest absolute Gasteiger partial charge is 0.414 e. The van der Waals surface area contributed by atoms with E-state index < -0.39 is 12.1 Å². The molecule has 1 unspecified atom stereocenters. The van der Waals surface area contributed by atoms with Crippen LogP contribution >= 0.6 is 0 Å². The number of hydrogen-bond donors (Lipinski definition) is 4. The Morgan fingerprint density at radius 1 is 1.09 bits per heavy atom. The van der Waals surface area contributed by atoms with Gasteiger partial charge in [0.2, 0.25) is 11.8 Å². The summed E-state index contributed by atoms with van der Waals surface area (Å²) in [5, 5.41) is 15.7. The Morgan fingerprint density at radius 3 is 2.68 bits per heavy atom. The van der Waals surface area contributed by atoms with Gasteiger partial charge < -0.3 is 25.5 Å². The maximum absolute atomic E-state index is 12.4. The molecule has 34 heavy (non-hydrogen) atoms. The van der Waals surface area contributed by atoms with Gasteiger partial charge >= 0.3 is 6.09 Å². The Balaban J connectivity index is 1.46. The number of nitrogens with zero attached hydrogens (tertiary/aromatic N) is 2. The Bertz CT molecular complexity index is 1300. The Hall–Kier alpha value is -4.17. The summed E-state index contributed by atoms with van der Waals surface area (Å²) < 4.78 is 5.41. The summed E-state index contributed by atoms with van der Waals surface area (Å²) in [6, 6.07) is 16.6. The lowest BCUT2D eigenvalue weighted by Gasteiger charge is -2.16. The predicted molar refractivity (Wildman–Crippen MR) is 131 cm³/mol. The molecule has 2 heterocycles. The van der Waals surface area contributed by atoms with Gasteiger partial charge in [-0.1, -0.05) is 48.0 Å². The van der Waals surface area contributed by atoms with Crippen LogP contribution < -0.4 is 15.4 Å². The van der Waals surface area contributed by atoms with Crippen LogP contribution in [0.5, 0.6) is 5.88 Å². The van der Waals surface area contributed by atoms with Crippen molar-refractivity contribution < 1.29 is 14.6 Å². The van der Waals surface area contributed by atoms with Crippen molar-refractivity contribution in [2.75, 3.05) is 11.9 Å². The average Bonchev–Trinajstić information content (AvgIpc) is 3.28. The third-order valence-electron chi connectivity index (χ3n) is 5.42. The van der Waals surface area contributed by atoms with Crippen LogP contribution in [0.2, 0.25) is 0 Å². The third-order valence-corrected chi connectivity index (χ3v) is 5.42. The van der Waals surface area contributed by atoms with Crippen molar-refractivity contribution >= 4 is 17.7 Å². The number of nitrogens with one attached hydrogen (secondary N) is 3. The lowest BCUT2D eigenvalue weighted by molar-refractivity contribution is 0.182. The molecule has 0 aliphatic rings. The van der Waals surface area contributed by atoms with Crippen LogP contribution in [-0.2, 0) is 0 Å². The number of carbonyl (C=O) groups excluding carboxylic acids is 1. The van der Waals surface area contributed by atoms with Crippen LogP contribution in [0.4, 0.5) is 16.4 Å². The highest BCUT2D eigenvalue weighted by Crippen LogP contribution is 2.27. The molecular weight excluding hydrogens is 430 g/mol. The van der Waals surface area contributed by atoms with Crippen molar-refractivity contribution in [3.05, 3.63) is 89.2 Å². The Kier molecular flexibility index (Phi) is 6.89. The van der Waals surface area contributed by atoms with Crippen molar-refractivity contribution in [1.29, 1.82) is 0 Å². The van der Waals surface area contributed by atoms with Crippen LogP contribution in [0.1, 0.15) is 28.3 Å². The minimum atomic E-state index is -0.671. The number of ether oxygens (including phenoxy) is 1. The molecule has 0 radical (unpaired) electrons. The Morgan fingerprint density at radius 2 is 1.91 bits per heavy atom. The van der Waals surface area contributed by atoms with Gasteiger partial charge in [0.05, 0.1) is 18.3 Å². The molecule has 0 fully saturated rings. The van der Waals surface area contributed by atoms with E-state index in [1.54, 1.807) is 18.5 Å². The van der Waals surface area contributed by atoms with Crippen LogP contribution in [0.15, 0.2) is 67.0 Å². The second-order valence-electron chi connectivity index (χ2n) is 8.10. The number of hydrogen-bond acceptors (Lipinski definition) is 6. The summed E-state index contributed by atoms with van der Waals surface area (Å²) in [5.74, 6) is 0.736. The summed E-state index contributed by atoms with van der Waals surface area (Å²) in [7, 11) is 0. The first-order valence-electron chi connectivity index (χ1n) is 10.9. The molecule has 1 atom stereocenters. The molecular formula is C26H27N5O3. The number of para-hydroxylation sites is 1. The Labute approximate surface area is 198 Å². The number of amides is 1. The van der Waals surface area contributed by atoms with E-state index in [4.69, 9.17) is 4.74 Å². The molecule has 1 amide bonds. The zero-order chi connectivity index (χ0) is 24.1. The fourth-order valence-electron chi connectivity index (χ4n) is 3.59. The molecule has 0 spiro atoms. The fourth-order valence-corrected chi connectivity index (χ4v) is 3.59. The first-order valence-corrected chi connectivity index (χ1v) is 10.9. The topological polar surface area (TPSA) is 112 Å². The molecule has 0 saturated carbocycles. The summed E-state index contributed by atoms with van der Waals surface area (Å²) in [6.07, 6.45) is 2.80. The van der Waals surface area contributed by atoms with Crippen LogP contribution in [0.25, 0.3) is 11.3 Å². The SMILES string of the molecule is Cc1cccc(C(CO)NC(=O)Oc2cc(-c3nc(Nc4ccccc4C)ncc3C)c[nH]2)c1. The number of anilines is 2. The van der Waals surface area contributed by atoms with Crippen molar-refractivity contribution in [2.45, 2.75) is 26.8 Å². The van der Waals surface area contributed by atoms with Crippen molar-refractivity contribution in [1.82, 2.24) is 20.3 Å². The lowest BCUT2D eigenvalue weighted by atomic mass is 10.1. The number of aromatic amines is 1. The number of aliphatic hydroxyl groups is 1. The highest BCUT2D eigenvalue weighted by Gasteiger charge is 2.17. The van der Waals surface area contributed by atoms with E-state index in [0.29, 0.717) is 11.6 Å². The van der Waals surface area contributed by atoms with Gasteiger partial charge in [-0.3, -0.25) is 0 Å². The molecule has 0 saturated heterocycles. The van der Waals surface area contributed by atoms with Gasteiger partial charge in [-0.2, -0.15) is 0 Å². The second kappa shape index (κ2) is 10.2. The summed E-state index contributed by atoms with van der Waals surface area (Å²) >= 11 is 0. The molecule has 4 aromatic rings. The van der Waals surface area contributed by atoms with Gasteiger partial charge in [0.15, 0.2) is 0 Å². The van der Waals surface area contributed by atoms with E-state index in [-0.39, 0.29) is 12.5 Å². The molecule has 8 heteroatoms. The molecule has 0 bridgehead atoms. The van der Waals surface area contributed by atoms with Crippen LogP contribution in [0, 0.1) is 20.8 Å². The first-order chi connectivity index (χ1) is 16.4. The number of aromatic nitrogens is 3. The smallest absolute Gasteiger partial charge is 0.394 e. The van der Waals surface area contributed by atoms with Crippen molar-refractivity contribution in [3.63, 3.8) is 0 Å². The number of aliphatic hydroxyl groups excluding tert-OH is 1. The summed E-state index contributed by atoms with van der Waals surface area (Å²) in [5.41, 5.74) is 6.21. The lowest BCUT2D eigenvalue weighted by Crippen LogP contribution is -2.33. The minimum absolute atomic E-state index is 0.245. The summed E-state index contributed by atoms with van der Waals surface area (Å²) in [4.78, 5) is 24.4. The molecule has 174 valence electrons. The standard InChI is InChI=1S/C26H27N5O3/c1-16-7-6-9-19(11-16)22(15-32)30-26(33)34-23-12-20(14-27-23)24-18(3)13-28-25(31-24)29-21-10-5-4-8-17(21)2/h4-14,22,27,32H,15H2,1-3H3,(H,30,33)(H,28,29,31). The molecule has 8 nitrogen and oxygen atoms in total. The first kappa shape index (κ1) is 23.0. The van der Waals surface area contributed by atoms with Gasteiger partial charge in [0, 0.05) is 29.7 Å².